The Labute approximate surface area is 132 Å². The highest BCUT2D eigenvalue weighted by Gasteiger charge is 2.24. The monoisotopic (exact) mass is 323 g/mol. The molecule has 11 nitrogen and oxygen atoms in total. The van der Waals surface area contributed by atoms with Crippen molar-refractivity contribution in [2.24, 2.45) is 5.84 Å². The first kappa shape index (κ1) is 16.8. The first-order chi connectivity index (χ1) is 11.1. The highest BCUT2D eigenvalue weighted by atomic mass is 16.6. The van der Waals surface area contributed by atoms with Crippen LogP contribution in [-0.4, -0.2) is 49.2 Å². The third-order valence-corrected chi connectivity index (χ3v) is 3.45. The number of aromatic nitrogens is 5. The lowest BCUT2D eigenvalue weighted by Crippen LogP contribution is -2.33. The van der Waals surface area contributed by atoms with Gasteiger partial charge in [-0.3, -0.25) is 15.1 Å². The van der Waals surface area contributed by atoms with Gasteiger partial charge >= 0.3 is 0 Å². The summed E-state index contributed by atoms with van der Waals surface area (Å²) in [6.07, 6.45) is 2.12. The normalized spacial score (nSPS) is 11.1. The van der Waals surface area contributed by atoms with Gasteiger partial charge in [0.05, 0.1) is 5.69 Å². The van der Waals surface area contributed by atoms with Crippen LogP contribution in [0.1, 0.15) is 42.9 Å². The molecular formula is C12H21N9O2. The molecule has 0 bridgehead atoms. The second-order valence-corrected chi connectivity index (χ2v) is 4.97. The van der Waals surface area contributed by atoms with Crippen LogP contribution in [0.3, 0.4) is 0 Å². The Morgan fingerprint density at radius 2 is 2.17 bits per heavy atom. The Kier molecular flexibility index (Phi) is 5.60. The van der Waals surface area contributed by atoms with Crippen molar-refractivity contribution in [3.05, 3.63) is 11.4 Å². The molecule has 2 aromatic heterocycles. The average molecular weight is 323 g/mol. The number of carbonyl (C=O) groups excluding carboxylic acids is 1. The Balaban J connectivity index is 2.39. The standard InChI is InChI=1S/C12H21N9O2/c1-3-5-6-20(4-2)7-8-9(12(22)15-14)16-19-21(8)11-10(13)17-23-18-11/h3-7,14H2,1-2H3,(H2,13,17)(H,15,22). The minimum absolute atomic E-state index is 0.0625. The molecule has 0 aliphatic carbocycles. The Hall–Kier alpha value is -2.53. The van der Waals surface area contributed by atoms with E-state index < -0.39 is 5.91 Å². The van der Waals surface area contributed by atoms with Gasteiger partial charge in [0.1, 0.15) is 0 Å². The smallest absolute Gasteiger partial charge is 0.287 e. The van der Waals surface area contributed by atoms with Crippen LogP contribution in [-0.2, 0) is 6.54 Å². The van der Waals surface area contributed by atoms with Crippen LogP contribution in [0.4, 0.5) is 5.82 Å². The highest BCUT2D eigenvalue weighted by Crippen LogP contribution is 2.17. The van der Waals surface area contributed by atoms with Gasteiger partial charge in [0.15, 0.2) is 5.69 Å². The van der Waals surface area contributed by atoms with E-state index in [0.717, 1.165) is 25.9 Å². The van der Waals surface area contributed by atoms with Gasteiger partial charge in [-0.05, 0) is 29.8 Å². The van der Waals surface area contributed by atoms with E-state index in [2.05, 4.69) is 42.5 Å². The molecule has 1 amide bonds. The second-order valence-electron chi connectivity index (χ2n) is 4.97. The predicted octanol–water partition coefficient (Wildman–Crippen LogP) is -0.542. The van der Waals surface area contributed by atoms with E-state index in [1.54, 1.807) is 0 Å². The van der Waals surface area contributed by atoms with Crippen molar-refractivity contribution in [3.8, 4) is 5.82 Å². The number of rotatable bonds is 8. The van der Waals surface area contributed by atoms with Crippen molar-refractivity contribution >= 4 is 11.7 Å². The summed E-state index contributed by atoms with van der Waals surface area (Å²) in [5, 5.41) is 15.0. The molecule has 0 radical (unpaired) electrons. The third kappa shape index (κ3) is 3.63. The van der Waals surface area contributed by atoms with Crippen molar-refractivity contribution in [1.29, 1.82) is 0 Å². The maximum Gasteiger partial charge on any atom is 0.287 e. The SMILES string of the molecule is CCCCN(CC)Cc1c(C(=O)NN)nnn1-c1nonc1N. The van der Waals surface area contributed by atoms with Crippen molar-refractivity contribution in [2.45, 2.75) is 33.2 Å². The van der Waals surface area contributed by atoms with Gasteiger partial charge in [0.2, 0.25) is 11.6 Å². The molecule has 0 aliphatic rings. The van der Waals surface area contributed by atoms with Crippen LogP contribution in [0.25, 0.3) is 5.82 Å². The Morgan fingerprint density at radius 3 is 2.74 bits per heavy atom. The number of nitrogens with one attached hydrogen (secondary N) is 1. The molecule has 0 unspecified atom stereocenters. The van der Waals surface area contributed by atoms with Gasteiger partial charge in [-0.15, -0.1) is 5.10 Å². The number of anilines is 1. The van der Waals surface area contributed by atoms with E-state index in [4.69, 9.17) is 11.6 Å². The first-order valence-electron chi connectivity index (χ1n) is 7.38. The van der Waals surface area contributed by atoms with Gasteiger partial charge in [-0.25, -0.2) is 10.5 Å². The number of hydrogen-bond acceptors (Lipinski definition) is 9. The minimum atomic E-state index is -0.534. The molecule has 0 fully saturated rings. The van der Waals surface area contributed by atoms with Gasteiger partial charge in [-0.1, -0.05) is 25.5 Å². The second kappa shape index (κ2) is 7.65. The van der Waals surface area contributed by atoms with Crippen molar-refractivity contribution in [1.82, 2.24) is 35.6 Å². The first-order valence-corrected chi connectivity index (χ1v) is 7.38. The number of unbranched alkanes of at least 4 members (excludes halogenated alkanes) is 1. The summed E-state index contributed by atoms with van der Waals surface area (Å²) in [7, 11) is 0. The fraction of sp³-hybridized carbons (Fsp3) is 0.583. The molecule has 23 heavy (non-hydrogen) atoms. The average Bonchev–Trinajstić information content (AvgIpc) is 3.16. The van der Waals surface area contributed by atoms with Gasteiger partial charge in [0.25, 0.3) is 5.91 Å². The van der Waals surface area contributed by atoms with Crippen LogP contribution < -0.4 is 17.0 Å². The van der Waals surface area contributed by atoms with Crippen LogP contribution in [0.5, 0.6) is 0 Å². The van der Waals surface area contributed by atoms with E-state index in [9.17, 15) is 4.79 Å². The van der Waals surface area contributed by atoms with Crippen molar-refractivity contribution < 1.29 is 9.42 Å². The van der Waals surface area contributed by atoms with Gasteiger partial charge in [0, 0.05) is 6.54 Å². The number of nitrogens with zero attached hydrogens (tertiary/aromatic N) is 6. The van der Waals surface area contributed by atoms with Gasteiger partial charge < -0.3 is 5.73 Å². The summed E-state index contributed by atoms with van der Waals surface area (Å²) in [6.45, 7) is 6.29. The van der Waals surface area contributed by atoms with E-state index in [1.807, 2.05) is 6.92 Å². The third-order valence-electron chi connectivity index (χ3n) is 3.45. The molecule has 0 saturated carbocycles. The number of nitrogens with two attached hydrogens (primary N) is 2. The zero-order valence-electron chi connectivity index (χ0n) is 13.2. The molecule has 126 valence electrons. The number of hydrazine groups is 1. The summed E-state index contributed by atoms with van der Waals surface area (Å²) in [5.74, 6) is 4.93. The molecule has 0 saturated heterocycles. The number of nitrogen functional groups attached to an aromatic ring is 2. The fourth-order valence-corrected chi connectivity index (χ4v) is 2.14. The number of hydrogen-bond donors (Lipinski definition) is 3. The molecular weight excluding hydrogens is 302 g/mol. The maximum atomic E-state index is 11.9. The highest BCUT2D eigenvalue weighted by molar-refractivity contribution is 5.92. The van der Waals surface area contributed by atoms with E-state index in [0.29, 0.717) is 12.2 Å². The Morgan fingerprint density at radius 1 is 1.39 bits per heavy atom. The molecule has 5 N–H and O–H groups in total. The largest absolute Gasteiger partial charge is 0.378 e. The van der Waals surface area contributed by atoms with Gasteiger partial charge in [-0.2, -0.15) is 4.68 Å². The van der Waals surface area contributed by atoms with Crippen molar-refractivity contribution in [2.75, 3.05) is 18.8 Å². The molecule has 0 aromatic carbocycles. The predicted molar refractivity (Wildman–Crippen MR) is 81.1 cm³/mol. The van der Waals surface area contributed by atoms with Crippen LogP contribution in [0.15, 0.2) is 4.63 Å². The molecule has 2 heterocycles. The molecule has 2 rings (SSSR count). The summed E-state index contributed by atoms with van der Waals surface area (Å²) in [4.78, 5) is 14.1. The fourth-order valence-electron chi connectivity index (χ4n) is 2.14. The van der Waals surface area contributed by atoms with Crippen LogP contribution in [0, 0.1) is 0 Å². The lowest BCUT2D eigenvalue weighted by Gasteiger charge is -2.20. The maximum absolute atomic E-state index is 11.9. The minimum Gasteiger partial charge on any atom is -0.378 e. The zero-order valence-corrected chi connectivity index (χ0v) is 13.2. The van der Waals surface area contributed by atoms with E-state index in [-0.39, 0.29) is 17.3 Å². The summed E-state index contributed by atoms with van der Waals surface area (Å²) in [5.41, 5.74) is 8.41. The topological polar surface area (TPSA) is 154 Å². The summed E-state index contributed by atoms with van der Waals surface area (Å²) >= 11 is 0. The Bertz CT molecular complexity index is 651. The summed E-state index contributed by atoms with van der Waals surface area (Å²) in [6, 6.07) is 0. The number of carbonyl (C=O) groups is 1. The van der Waals surface area contributed by atoms with Crippen LogP contribution in [0.2, 0.25) is 0 Å². The lowest BCUT2D eigenvalue weighted by atomic mass is 10.2. The molecule has 0 spiro atoms. The quantitative estimate of drug-likeness (QED) is 0.330. The molecule has 0 aliphatic heterocycles. The van der Waals surface area contributed by atoms with Crippen molar-refractivity contribution in [3.63, 3.8) is 0 Å². The molecule has 0 atom stereocenters. The summed E-state index contributed by atoms with van der Waals surface area (Å²) < 4.78 is 5.95. The molecule has 11 heteroatoms. The van der Waals surface area contributed by atoms with E-state index >= 15 is 0 Å². The van der Waals surface area contributed by atoms with Crippen LogP contribution >= 0.6 is 0 Å². The number of amides is 1. The molecule has 2 aromatic rings. The van der Waals surface area contributed by atoms with E-state index in [1.165, 1.54) is 4.68 Å². The zero-order chi connectivity index (χ0) is 16.8. The lowest BCUT2D eigenvalue weighted by molar-refractivity contribution is 0.0946.